The molecule has 1 aromatic carbocycles. The Hall–Kier alpha value is -2.76. The first-order chi connectivity index (χ1) is 13.2. The molecule has 2 aliphatic rings. The van der Waals surface area contributed by atoms with Gasteiger partial charge in [-0.25, -0.2) is 4.79 Å². The molecule has 6 heteroatoms. The number of carbonyl (C=O) groups is 2. The van der Waals surface area contributed by atoms with Crippen LogP contribution in [0.15, 0.2) is 53.1 Å². The highest BCUT2D eigenvalue weighted by Crippen LogP contribution is 2.47. The van der Waals surface area contributed by atoms with Gasteiger partial charge in [0.15, 0.2) is 5.76 Å². The molecular formula is C21H25N3O3. The van der Waals surface area contributed by atoms with Crippen molar-refractivity contribution in [3.8, 4) is 0 Å². The minimum atomic E-state index is -0.118. The van der Waals surface area contributed by atoms with E-state index in [0.717, 1.165) is 25.7 Å². The molecule has 0 spiro atoms. The van der Waals surface area contributed by atoms with Crippen molar-refractivity contribution in [1.29, 1.82) is 0 Å². The molecule has 0 unspecified atom stereocenters. The second kappa shape index (κ2) is 7.47. The fraction of sp³-hybridized carbons (Fsp3) is 0.429. The molecule has 2 heterocycles. The van der Waals surface area contributed by atoms with Crippen molar-refractivity contribution >= 4 is 11.9 Å². The maximum absolute atomic E-state index is 12.3. The quantitative estimate of drug-likeness (QED) is 0.853. The molecule has 2 aromatic rings. The normalized spacial score (nSPS) is 18.7. The third-order valence-electron chi connectivity index (χ3n) is 5.68. The Bertz CT molecular complexity index is 776. The lowest BCUT2D eigenvalue weighted by molar-refractivity contribution is 0.0676. The summed E-state index contributed by atoms with van der Waals surface area (Å²) >= 11 is 0. The molecule has 2 fully saturated rings. The molecule has 3 amide bonds. The number of carbonyl (C=O) groups excluding carboxylic acids is 2. The zero-order chi connectivity index (χ0) is 18.7. The summed E-state index contributed by atoms with van der Waals surface area (Å²) in [5.74, 6) is 0.288. The van der Waals surface area contributed by atoms with E-state index in [9.17, 15) is 9.59 Å². The lowest BCUT2D eigenvalue weighted by Crippen LogP contribution is -2.50. The standard InChI is InChI=1S/C21H25N3O3/c25-19(18-7-4-14-27-18)24-12-8-17(9-13-24)23-20(26)22-15-21(10-11-21)16-5-2-1-3-6-16/h1-7,14,17H,8-13,15H2,(H2,22,23,26). The number of nitrogens with one attached hydrogen (secondary N) is 2. The number of hydrogen-bond donors (Lipinski definition) is 2. The summed E-state index contributed by atoms with van der Waals surface area (Å²) in [6, 6.07) is 13.8. The SMILES string of the molecule is O=C(NCC1(c2ccccc2)CC1)NC1CCN(C(=O)c2ccco2)CC1. The maximum atomic E-state index is 12.3. The molecule has 0 atom stereocenters. The summed E-state index contributed by atoms with van der Waals surface area (Å²) in [6.45, 7) is 1.91. The van der Waals surface area contributed by atoms with Crippen molar-refractivity contribution in [2.75, 3.05) is 19.6 Å². The summed E-state index contributed by atoms with van der Waals surface area (Å²) in [7, 11) is 0. The Morgan fingerprint density at radius 2 is 1.81 bits per heavy atom. The van der Waals surface area contributed by atoms with Crippen LogP contribution in [0.25, 0.3) is 0 Å². The highest BCUT2D eigenvalue weighted by Gasteiger charge is 2.44. The number of benzene rings is 1. The monoisotopic (exact) mass is 367 g/mol. The summed E-state index contributed by atoms with van der Waals surface area (Å²) < 4.78 is 5.18. The Labute approximate surface area is 158 Å². The molecule has 1 saturated heterocycles. The lowest BCUT2D eigenvalue weighted by atomic mass is 9.96. The van der Waals surface area contributed by atoms with E-state index in [2.05, 4.69) is 22.8 Å². The largest absolute Gasteiger partial charge is 0.459 e. The van der Waals surface area contributed by atoms with Crippen LogP contribution < -0.4 is 10.6 Å². The fourth-order valence-electron chi connectivity index (χ4n) is 3.78. The van der Waals surface area contributed by atoms with Gasteiger partial charge in [-0.3, -0.25) is 4.79 Å². The van der Waals surface area contributed by atoms with Crippen LogP contribution in [-0.2, 0) is 5.41 Å². The van der Waals surface area contributed by atoms with Gasteiger partial charge in [0.05, 0.1) is 6.26 Å². The van der Waals surface area contributed by atoms with Crippen molar-refractivity contribution in [2.24, 2.45) is 0 Å². The fourth-order valence-corrected chi connectivity index (χ4v) is 3.78. The average Bonchev–Trinajstić information content (AvgIpc) is 3.30. The Morgan fingerprint density at radius 3 is 2.44 bits per heavy atom. The van der Waals surface area contributed by atoms with Gasteiger partial charge in [-0.05, 0) is 43.4 Å². The van der Waals surface area contributed by atoms with Crippen molar-refractivity contribution in [2.45, 2.75) is 37.1 Å². The number of piperidine rings is 1. The van der Waals surface area contributed by atoms with E-state index in [1.807, 2.05) is 18.2 Å². The Balaban J connectivity index is 1.22. The number of likely N-dealkylation sites (tertiary alicyclic amines) is 1. The van der Waals surface area contributed by atoms with Gasteiger partial charge in [0, 0.05) is 31.1 Å². The van der Waals surface area contributed by atoms with Crippen LogP contribution in [0.3, 0.4) is 0 Å². The summed E-state index contributed by atoms with van der Waals surface area (Å²) in [6.07, 6.45) is 5.25. The maximum Gasteiger partial charge on any atom is 0.315 e. The highest BCUT2D eigenvalue weighted by atomic mass is 16.3. The van der Waals surface area contributed by atoms with Gasteiger partial charge < -0.3 is 20.0 Å². The van der Waals surface area contributed by atoms with Crippen LogP contribution in [0.5, 0.6) is 0 Å². The molecule has 2 N–H and O–H groups in total. The minimum absolute atomic E-state index is 0.0820. The van der Waals surface area contributed by atoms with Crippen molar-refractivity contribution in [3.63, 3.8) is 0 Å². The smallest absolute Gasteiger partial charge is 0.315 e. The Kier molecular flexibility index (Phi) is 4.88. The van der Waals surface area contributed by atoms with E-state index in [1.54, 1.807) is 17.0 Å². The van der Waals surface area contributed by atoms with E-state index < -0.39 is 0 Å². The van der Waals surface area contributed by atoms with Gasteiger partial charge in [-0.1, -0.05) is 30.3 Å². The molecule has 0 bridgehead atoms. The minimum Gasteiger partial charge on any atom is -0.459 e. The first-order valence-corrected chi connectivity index (χ1v) is 9.59. The molecule has 1 aliphatic heterocycles. The van der Waals surface area contributed by atoms with Gasteiger partial charge in [0.25, 0.3) is 5.91 Å². The molecule has 1 aromatic heterocycles. The predicted molar refractivity (Wildman–Crippen MR) is 102 cm³/mol. The summed E-state index contributed by atoms with van der Waals surface area (Å²) in [4.78, 5) is 26.4. The average molecular weight is 367 g/mol. The Morgan fingerprint density at radius 1 is 1.07 bits per heavy atom. The van der Waals surface area contributed by atoms with Crippen LogP contribution in [0.4, 0.5) is 4.79 Å². The second-order valence-corrected chi connectivity index (χ2v) is 7.52. The van der Waals surface area contributed by atoms with E-state index in [0.29, 0.717) is 25.4 Å². The molecule has 4 rings (SSSR count). The van der Waals surface area contributed by atoms with Gasteiger partial charge in [-0.2, -0.15) is 0 Å². The van der Waals surface area contributed by atoms with E-state index >= 15 is 0 Å². The third-order valence-corrected chi connectivity index (χ3v) is 5.68. The molecule has 142 valence electrons. The molecule has 1 aliphatic carbocycles. The van der Waals surface area contributed by atoms with Crippen LogP contribution in [0, 0.1) is 0 Å². The first-order valence-electron chi connectivity index (χ1n) is 9.59. The van der Waals surface area contributed by atoms with Gasteiger partial charge in [0.2, 0.25) is 0 Å². The van der Waals surface area contributed by atoms with Crippen LogP contribution in [0.1, 0.15) is 41.8 Å². The highest BCUT2D eigenvalue weighted by molar-refractivity contribution is 5.91. The van der Waals surface area contributed by atoms with E-state index in [4.69, 9.17) is 4.42 Å². The first kappa shape index (κ1) is 17.6. The number of furan rings is 1. The number of rotatable bonds is 5. The van der Waals surface area contributed by atoms with E-state index in [-0.39, 0.29) is 23.4 Å². The topological polar surface area (TPSA) is 74.6 Å². The molecule has 0 radical (unpaired) electrons. The van der Waals surface area contributed by atoms with Crippen molar-refractivity contribution in [1.82, 2.24) is 15.5 Å². The summed E-state index contributed by atoms with van der Waals surface area (Å²) in [5, 5.41) is 6.10. The zero-order valence-corrected chi connectivity index (χ0v) is 15.3. The van der Waals surface area contributed by atoms with Crippen LogP contribution in [0.2, 0.25) is 0 Å². The number of nitrogens with zero attached hydrogens (tertiary/aromatic N) is 1. The van der Waals surface area contributed by atoms with Crippen LogP contribution in [-0.4, -0.2) is 42.5 Å². The number of urea groups is 1. The molecule has 27 heavy (non-hydrogen) atoms. The zero-order valence-electron chi connectivity index (χ0n) is 15.3. The lowest BCUT2D eigenvalue weighted by Gasteiger charge is -2.32. The third kappa shape index (κ3) is 3.99. The summed E-state index contributed by atoms with van der Waals surface area (Å²) in [5.41, 5.74) is 1.41. The van der Waals surface area contributed by atoms with Crippen LogP contribution >= 0.6 is 0 Å². The van der Waals surface area contributed by atoms with Gasteiger partial charge >= 0.3 is 6.03 Å². The molecule has 6 nitrogen and oxygen atoms in total. The molecular weight excluding hydrogens is 342 g/mol. The molecule has 1 saturated carbocycles. The van der Waals surface area contributed by atoms with E-state index in [1.165, 1.54) is 11.8 Å². The van der Waals surface area contributed by atoms with Crippen molar-refractivity contribution in [3.05, 3.63) is 60.1 Å². The second-order valence-electron chi connectivity index (χ2n) is 7.52. The number of amides is 3. The van der Waals surface area contributed by atoms with Gasteiger partial charge in [0.1, 0.15) is 0 Å². The predicted octanol–water partition coefficient (Wildman–Crippen LogP) is 2.92. The van der Waals surface area contributed by atoms with Gasteiger partial charge in [-0.15, -0.1) is 0 Å². The van der Waals surface area contributed by atoms with Crippen molar-refractivity contribution < 1.29 is 14.0 Å². The number of hydrogen-bond acceptors (Lipinski definition) is 3.